The summed E-state index contributed by atoms with van der Waals surface area (Å²) in [6, 6.07) is 11.8. The first-order valence-corrected chi connectivity index (χ1v) is 17.1. The third kappa shape index (κ3) is 6.73. The topological polar surface area (TPSA) is 159 Å². The molecule has 1 aromatic carbocycles. The van der Waals surface area contributed by atoms with Gasteiger partial charge >= 0.3 is 6.03 Å². The van der Waals surface area contributed by atoms with Crippen LogP contribution in [0.2, 0.25) is 0 Å². The molecule has 5 N–H and O–H groups in total. The Morgan fingerprint density at radius 3 is 2.40 bits per heavy atom. The lowest BCUT2D eigenvalue weighted by atomic mass is 9.73. The smallest absolute Gasteiger partial charge is 0.328 e. The molecule has 0 bridgehead atoms. The number of rotatable bonds is 7. The first-order chi connectivity index (χ1) is 22.8. The predicted octanol–water partition coefficient (Wildman–Crippen LogP) is 2.71. The van der Waals surface area contributed by atoms with Crippen molar-refractivity contribution in [2.45, 2.75) is 54.8 Å². The highest BCUT2D eigenvalue weighted by atomic mass is 32.2. The van der Waals surface area contributed by atoms with E-state index in [-0.39, 0.29) is 29.5 Å². The van der Waals surface area contributed by atoms with Crippen molar-refractivity contribution >= 4 is 46.8 Å². The molecule has 6 heterocycles. The molecule has 7 rings (SSSR count). The molecule has 13 nitrogen and oxygen atoms in total. The van der Waals surface area contributed by atoms with Crippen molar-refractivity contribution in [1.29, 1.82) is 0 Å². The summed E-state index contributed by atoms with van der Waals surface area (Å²) in [7, 11) is 0. The number of amides is 3. The van der Waals surface area contributed by atoms with Crippen LogP contribution in [-0.2, 0) is 16.1 Å². The van der Waals surface area contributed by atoms with Crippen molar-refractivity contribution in [3.8, 4) is 0 Å². The van der Waals surface area contributed by atoms with E-state index >= 15 is 0 Å². The highest BCUT2D eigenvalue weighted by molar-refractivity contribution is 7.99. The number of hydrogen-bond acceptors (Lipinski definition) is 12. The van der Waals surface area contributed by atoms with Crippen LogP contribution in [-0.4, -0.2) is 96.4 Å². The quantitative estimate of drug-likeness (QED) is 0.341. The molecule has 3 amide bonds. The van der Waals surface area contributed by atoms with E-state index < -0.39 is 0 Å². The minimum atomic E-state index is -0.363. The maximum absolute atomic E-state index is 12.2. The molecule has 0 radical (unpaired) electrons. The number of benzene rings is 1. The Morgan fingerprint density at radius 2 is 1.72 bits per heavy atom. The average molecular weight is 659 g/mol. The van der Waals surface area contributed by atoms with Crippen molar-refractivity contribution in [2.24, 2.45) is 11.1 Å². The Morgan fingerprint density at radius 1 is 0.979 bits per heavy atom. The number of carbonyl (C=O) groups is 2. The van der Waals surface area contributed by atoms with Crippen molar-refractivity contribution in [3.05, 3.63) is 54.4 Å². The van der Waals surface area contributed by atoms with Crippen LogP contribution in [0.25, 0.3) is 0 Å². The Hall–Kier alpha value is -3.98. The number of aromatic nitrogens is 3. The van der Waals surface area contributed by atoms with Crippen molar-refractivity contribution in [1.82, 2.24) is 25.2 Å². The van der Waals surface area contributed by atoms with Gasteiger partial charge in [0.25, 0.3) is 0 Å². The second-order valence-corrected chi connectivity index (χ2v) is 14.0. The molecule has 2 aromatic heterocycles. The number of nitrogens with zero attached hydrogens (tertiary/aromatic N) is 7. The normalized spacial score (nSPS) is 23.4. The van der Waals surface area contributed by atoms with Gasteiger partial charge in [0.2, 0.25) is 5.91 Å². The van der Waals surface area contributed by atoms with Gasteiger partial charge < -0.3 is 26.0 Å². The number of anilines is 4. The highest BCUT2D eigenvalue weighted by Gasteiger charge is 2.47. The Bertz CT molecular complexity index is 1610. The van der Waals surface area contributed by atoms with E-state index in [9.17, 15) is 9.59 Å². The average Bonchev–Trinajstić information content (AvgIpc) is 3.35. The van der Waals surface area contributed by atoms with Gasteiger partial charge in [-0.1, -0.05) is 23.9 Å². The number of ether oxygens (including phenoxy) is 1. The summed E-state index contributed by atoms with van der Waals surface area (Å²) in [4.78, 5) is 47.3. The fourth-order valence-corrected chi connectivity index (χ4v) is 7.77. The minimum absolute atomic E-state index is 0.0578. The largest absolute Gasteiger partial charge is 0.381 e. The molecule has 14 heteroatoms. The van der Waals surface area contributed by atoms with Gasteiger partial charge in [0.15, 0.2) is 5.82 Å². The first kappa shape index (κ1) is 31.6. The van der Waals surface area contributed by atoms with Gasteiger partial charge in [-0.3, -0.25) is 19.9 Å². The van der Waals surface area contributed by atoms with E-state index in [2.05, 4.69) is 50.1 Å². The number of piperazine rings is 1. The van der Waals surface area contributed by atoms with Gasteiger partial charge in [-0.2, -0.15) is 0 Å². The second kappa shape index (κ2) is 13.3. The predicted molar refractivity (Wildman–Crippen MR) is 182 cm³/mol. The third-order valence-corrected chi connectivity index (χ3v) is 11.0. The summed E-state index contributed by atoms with van der Waals surface area (Å²) in [6.45, 7) is 9.31. The summed E-state index contributed by atoms with van der Waals surface area (Å²) >= 11 is 1.51. The van der Waals surface area contributed by atoms with Gasteiger partial charge in [-0.15, -0.1) is 0 Å². The monoisotopic (exact) mass is 658 g/mol. The zero-order valence-electron chi connectivity index (χ0n) is 26.7. The van der Waals surface area contributed by atoms with Crippen LogP contribution in [0.3, 0.4) is 0 Å². The molecule has 0 unspecified atom stereocenters. The lowest BCUT2D eigenvalue weighted by Crippen LogP contribution is -2.50. The van der Waals surface area contributed by atoms with Gasteiger partial charge in [-0.25, -0.2) is 19.7 Å². The lowest BCUT2D eigenvalue weighted by Gasteiger charge is -2.41. The van der Waals surface area contributed by atoms with E-state index in [0.717, 1.165) is 87.5 Å². The molecule has 47 heavy (non-hydrogen) atoms. The van der Waals surface area contributed by atoms with E-state index in [1.807, 2.05) is 30.6 Å². The maximum Gasteiger partial charge on any atom is 0.328 e. The van der Waals surface area contributed by atoms with Crippen molar-refractivity contribution in [2.75, 3.05) is 72.9 Å². The number of carbonyl (C=O) groups excluding carboxylic acids is 2. The zero-order chi connectivity index (χ0) is 32.5. The summed E-state index contributed by atoms with van der Waals surface area (Å²) in [5, 5.41) is 3.06. The molecule has 248 valence electrons. The molecule has 4 fully saturated rings. The third-order valence-electron chi connectivity index (χ3n) is 10.0. The molecule has 1 spiro atoms. The Kier molecular flexibility index (Phi) is 8.92. The van der Waals surface area contributed by atoms with Crippen LogP contribution in [0.4, 0.5) is 27.9 Å². The molecule has 3 aromatic rings. The zero-order valence-corrected chi connectivity index (χ0v) is 27.5. The summed E-state index contributed by atoms with van der Waals surface area (Å²) in [6.07, 6.45) is 6.03. The summed E-state index contributed by atoms with van der Waals surface area (Å²) in [5.41, 5.74) is 15.0. The molecule has 0 aliphatic carbocycles. The number of nitrogens with two attached hydrogens (primary N) is 2. The fraction of sp³-hybridized carbons (Fsp3) is 0.485. The molecule has 2 atom stereocenters. The molecule has 4 aliphatic heterocycles. The number of piperidine rings is 1. The Labute approximate surface area is 279 Å². The van der Waals surface area contributed by atoms with Crippen LogP contribution < -0.4 is 31.5 Å². The summed E-state index contributed by atoms with van der Waals surface area (Å²) in [5.74, 6) is 1.94. The van der Waals surface area contributed by atoms with Crippen LogP contribution in [0, 0.1) is 5.41 Å². The highest BCUT2D eigenvalue weighted by Crippen LogP contribution is 2.42. The van der Waals surface area contributed by atoms with Crippen LogP contribution in [0.1, 0.15) is 31.7 Å². The minimum Gasteiger partial charge on any atom is -0.381 e. The molecule has 4 saturated heterocycles. The number of nitrogens with one attached hydrogen (secondary N) is 1. The van der Waals surface area contributed by atoms with Crippen LogP contribution in [0.5, 0.6) is 0 Å². The molecular formula is C33H42N10O3S. The van der Waals surface area contributed by atoms with E-state index in [1.165, 1.54) is 17.3 Å². The standard InChI is InChI=1S/C33H42N10O3S/c1-22-29(34)33(21-46-22)8-12-41(13-9-33)27-19-37-31(30(35)38-27)47-25-6-10-36-26(18-25)42-16-14-40(15-17-42)20-23-2-4-24(5-3-23)43-11-7-28(44)39-32(43)45/h2-6,10,18-19,22,29H,7-9,11-17,20-21,34H2,1H3,(H2,35,38)(H,39,44,45)/t22-,29+/m0/s1. The number of pyridine rings is 1. The number of urea groups is 1. The van der Waals surface area contributed by atoms with Gasteiger partial charge in [0, 0.05) is 87.0 Å². The molecule has 4 aliphatic rings. The Balaban J connectivity index is 0.909. The number of nitrogen functional groups attached to an aromatic ring is 1. The summed E-state index contributed by atoms with van der Waals surface area (Å²) < 4.78 is 5.87. The van der Waals surface area contributed by atoms with Gasteiger partial charge in [-0.05, 0) is 49.6 Å². The van der Waals surface area contributed by atoms with Gasteiger partial charge in [0.1, 0.15) is 16.7 Å². The SMILES string of the molecule is C[C@@H]1OCC2(CCN(c3cnc(Sc4ccnc(N5CCN(Cc6ccc(N7CCC(=O)NC7=O)cc6)CC5)c4)c(N)n3)CC2)[C@@H]1N. The molecular weight excluding hydrogens is 616 g/mol. The molecule has 0 saturated carbocycles. The maximum atomic E-state index is 12.2. The number of hydrogen-bond donors (Lipinski definition) is 3. The first-order valence-electron chi connectivity index (χ1n) is 16.3. The van der Waals surface area contributed by atoms with Crippen LogP contribution in [0.15, 0.2) is 58.7 Å². The van der Waals surface area contributed by atoms with Crippen LogP contribution >= 0.6 is 11.8 Å². The van der Waals surface area contributed by atoms with E-state index in [4.69, 9.17) is 26.2 Å². The van der Waals surface area contributed by atoms with E-state index in [1.54, 1.807) is 4.90 Å². The van der Waals surface area contributed by atoms with Crippen molar-refractivity contribution in [3.63, 3.8) is 0 Å². The number of imide groups is 1. The van der Waals surface area contributed by atoms with E-state index in [0.29, 0.717) is 23.8 Å². The lowest BCUT2D eigenvalue weighted by molar-refractivity contribution is -0.120. The van der Waals surface area contributed by atoms with Gasteiger partial charge in [0.05, 0.1) is 18.9 Å². The van der Waals surface area contributed by atoms with Crippen molar-refractivity contribution < 1.29 is 14.3 Å². The fourth-order valence-electron chi connectivity index (χ4n) is 7.00. The second-order valence-electron chi connectivity index (χ2n) is 12.9.